The van der Waals surface area contributed by atoms with Gasteiger partial charge >= 0.3 is 5.97 Å². The lowest BCUT2D eigenvalue weighted by Gasteiger charge is -1.99. The Morgan fingerprint density at radius 2 is 2.00 bits per heavy atom. The Morgan fingerprint density at radius 3 is 2.57 bits per heavy atom. The fraction of sp³-hybridized carbons (Fsp3) is 0.583. The lowest BCUT2D eigenvalue weighted by atomic mass is 10.1. The second-order valence-corrected chi connectivity index (χ2v) is 3.20. The van der Waals surface area contributed by atoms with Gasteiger partial charge in [0.2, 0.25) is 0 Å². The number of ether oxygens (including phenoxy) is 1. The van der Waals surface area contributed by atoms with E-state index in [0.717, 1.165) is 18.4 Å². The molecule has 0 aliphatic heterocycles. The van der Waals surface area contributed by atoms with E-state index in [4.69, 9.17) is 4.74 Å². The Hall–Kier alpha value is -1.05. The first-order valence-corrected chi connectivity index (χ1v) is 5.23. The molecule has 0 fully saturated rings. The molecule has 0 bridgehead atoms. The van der Waals surface area contributed by atoms with Gasteiger partial charge in [-0.05, 0) is 19.8 Å². The van der Waals surface area contributed by atoms with E-state index in [9.17, 15) is 4.79 Å². The van der Waals surface area contributed by atoms with Gasteiger partial charge in [0.25, 0.3) is 0 Å². The molecule has 0 amide bonds. The van der Waals surface area contributed by atoms with Crippen LogP contribution in [0.5, 0.6) is 0 Å². The van der Waals surface area contributed by atoms with Crippen LogP contribution in [0.2, 0.25) is 0 Å². The number of rotatable bonds is 7. The van der Waals surface area contributed by atoms with Crippen molar-refractivity contribution in [2.45, 2.75) is 39.5 Å². The minimum atomic E-state index is -0.288. The molecule has 0 heterocycles. The van der Waals surface area contributed by atoms with Crippen molar-refractivity contribution in [2.24, 2.45) is 0 Å². The zero-order valence-electron chi connectivity index (χ0n) is 9.21. The molecule has 0 saturated heterocycles. The number of carbonyl (C=O) groups excluding carboxylic acids is 1. The molecule has 0 saturated carbocycles. The number of hydrogen-bond acceptors (Lipinski definition) is 2. The van der Waals surface area contributed by atoms with Crippen LogP contribution in [0.15, 0.2) is 24.3 Å². The van der Waals surface area contributed by atoms with Gasteiger partial charge in [-0.1, -0.05) is 38.0 Å². The molecule has 0 atom stereocenters. The van der Waals surface area contributed by atoms with E-state index < -0.39 is 0 Å². The van der Waals surface area contributed by atoms with Crippen molar-refractivity contribution in [2.75, 3.05) is 6.61 Å². The van der Waals surface area contributed by atoms with E-state index in [1.165, 1.54) is 18.9 Å². The second-order valence-electron chi connectivity index (χ2n) is 3.20. The van der Waals surface area contributed by atoms with Crippen LogP contribution in [0, 0.1) is 0 Å². The second kappa shape index (κ2) is 8.54. The Balaban J connectivity index is 3.64. The summed E-state index contributed by atoms with van der Waals surface area (Å²) in [5.74, 6) is -0.288. The van der Waals surface area contributed by atoms with E-state index in [1.807, 2.05) is 0 Å². The van der Waals surface area contributed by atoms with Gasteiger partial charge in [0.05, 0.1) is 6.61 Å². The quantitative estimate of drug-likeness (QED) is 0.270. The molecule has 0 aromatic carbocycles. The van der Waals surface area contributed by atoms with E-state index in [1.54, 1.807) is 13.0 Å². The SMILES string of the molecule is C=C(/C=C/C(=O)OCC)CCCCC. The minimum absolute atomic E-state index is 0.288. The number of hydrogen-bond donors (Lipinski definition) is 0. The molecular weight excluding hydrogens is 176 g/mol. The molecule has 0 aromatic rings. The molecule has 0 spiro atoms. The highest BCUT2D eigenvalue weighted by molar-refractivity contribution is 5.82. The Morgan fingerprint density at radius 1 is 1.29 bits per heavy atom. The molecule has 0 unspecified atom stereocenters. The fourth-order valence-electron chi connectivity index (χ4n) is 1.06. The maximum Gasteiger partial charge on any atom is 0.330 e. The lowest BCUT2D eigenvalue weighted by Crippen LogP contribution is -1.98. The summed E-state index contributed by atoms with van der Waals surface area (Å²) in [6, 6.07) is 0. The van der Waals surface area contributed by atoms with Crippen LogP contribution in [-0.4, -0.2) is 12.6 Å². The maximum absolute atomic E-state index is 10.9. The van der Waals surface area contributed by atoms with Gasteiger partial charge in [0, 0.05) is 6.08 Å². The van der Waals surface area contributed by atoms with Crippen LogP contribution >= 0.6 is 0 Å². The van der Waals surface area contributed by atoms with Gasteiger partial charge in [-0.25, -0.2) is 4.79 Å². The highest BCUT2D eigenvalue weighted by atomic mass is 16.5. The standard InChI is InChI=1S/C12H20O2/c1-4-6-7-8-11(3)9-10-12(13)14-5-2/h9-10H,3-8H2,1-2H3/b10-9+. The first kappa shape index (κ1) is 12.9. The van der Waals surface area contributed by atoms with Crippen molar-refractivity contribution in [1.29, 1.82) is 0 Å². The topological polar surface area (TPSA) is 26.3 Å². The monoisotopic (exact) mass is 196 g/mol. The Labute approximate surface area is 86.6 Å². The largest absolute Gasteiger partial charge is 0.463 e. The molecule has 0 aromatic heterocycles. The number of unbranched alkanes of at least 4 members (excludes halogenated alkanes) is 2. The first-order chi connectivity index (χ1) is 6.70. The molecule has 0 rings (SSSR count). The van der Waals surface area contributed by atoms with Crippen LogP contribution in [0.3, 0.4) is 0 Å². The van der Waals surface area contributed by atoms with E-state index in [-0.39, 0.29) is 5.97 Å². The third-order valence-corrected chi connectivity index (χ3v) is 1.84. The smallest absolute Gasteiger partial charge is 0.330 e. The normalized spacial score (nSPS) is 10.4. The van der Waals surface area contributed by atoms with Crippen molar-refractivity contribution in [3.05, 3.63) is 24.3 Å². The zero-order valence-corrected chi connectivity index (χ0v) is 9.21. The maximum atomic E-state index is 10.9. The fourth-order valence-corrected chi connectivity index (χ4v) is 1.06. The molecule has 2 heteroatoms. The summed E-state index contributed by atoms with van der Waals surface area (Å²) in [6.07, 6.45) is 7.71. The predicted molar refractivity (Wildman–Crippen MR) is 59.1 cm³/mol. The Kier molecular flexibility index (Phi) is 7.90. The predicted octanol–water partition coefficient (Wildman–Crippen LogP) is 3.24. The summed E-state index contributed by atoms with van der Waals surface area (Å²) in [4.78, 5) is 10.9. The van der Waals surface area contributed by atoms with Gasteiger partial charge < -0.3 is 4.74 Å². The number of esters is 1. The van der Waals surface area contributed by atoms with Crippen molar-refractivity contribution in [1.82, 2.24) is 0 Å². The molecule has 0 N–H and O–H groups in total. The lowest BCUT2D eigenvalue weighted by molar-refractivity contribution is -0.137. The zero-order chi connectivity index (χ0) is 10.8. The highest BCUT2D eigenvalue weighted by Gasteiger charge is 1.94. The van der Waals surface area contributed by atoms with E-state index in [2.05, 4.69) is 13.5 Å². The van der Waals surface area contributed by atoms with Crippen LogP contribution in [-0.2, 0) is 9.53 Å². The van der Waals surface area contributed by atoms with Crippen LogP contribution in [0.1, 0.15) is 39.5 Å². The average molecular weight is 196 g/mol. The molecule has 14 heavy (non-hydrogen) atoms. The third-order valence-electron chi connectivity index (χ3n) is 1.84. The van der Waals surface area contributed by atoms with Crippen LogP contribution < -0.4 is 0 Å². The Bertz CT molecular complexity index is 204. The van der Waals surface area contributed by atoms with Gasteiger partial charge in [-0.15, -0.1) is 0 Å². The van der Waals surface area contributed by atoms with Crippen molar-refractivity contribution in [3.8, 4) is 0 Å². The summed E-state index contributed by atoms with van der Waals surface area (Å²) >= 11 is 0. The third kappa shape index (κ3) is 7.59. The van der Waals surface area contributed by atoms with Gasteiger partial charge in [0.1, 0.15) is 0 Å². The van der Waals surface area contributed by atoms with Crippen molar-refractivity contribution in [3.63, 3.8) is 0 Å². The summed E-state index contributed by atoms with van der Waals surface area (Å²) in [7, 11) is 0. The van der Waals surface area contributed by atoms with Gasteiger partial charge in [-0.3, -0.25) is 0 Å². The van der Waals surface area contributed by atoms with Crippen molar-refractivity contribution < 1.29 is 9.53 Å². The number of carbonyl (C=O) groups is 1. The molecule has 0 aliphatic carbocycles. The summed E-state index contributed by atoms with van der Waals surface area (Å²) in [6.45, 7) is 8.24. The van der Waals surface area contributed by atoms with E-state index >= 15 is 0 Å². The first-order valence-electron chi connectivity index (χ1n) is 5.23. The van der Waals surface area contributed by atoms with Gasteiger partial charge in [0.15, 0.2) is 0 Å². The molecule has 0 aliphatic rings. The average Bonchev–Trinajstić information content (AvgIpc) is 2.16. The molecular formula is C12H20O2. The molecule has 80 valence electrons. The van der Waals surface area contributed by atoms with Crippen LogP contribution in [0.25, 0.3) is 0 Å². The van der Waals surface area contributed by atoms with Gasteiger partial charge in [-0.2, -0.15) is 0 Å². The minimum Gasteiger partial charge on any atom is -0.463 e. The summed E-state index contributed by atoms with van der Waals surface area (Å²) in [5, 5.41) is 0. The van der Waals surface area contributed by atoms with E-state index in [0.29, 0.717) is 6.61 Å². The summed E-state index contributed by atoms with van der Waals surface area (Å²) < 4.78 is 4.75. The number of allylic oxidation sites excluding steroid dienone is 2. The molecule has 0 radical (unpaired) electrons. The highest BCUT2D eigenvalue weighted by Crippen LogP contribution is 2.07. The summed E-state index contributed by atoms with van der Waals surface area (Å²) in [5.41, 5.74) is 0.992. The van der Waals surface area contributed by atoms with Crippen LogP contribution in [0.4, 0.5) is 0 Å². The molecule has 2 nitrogen and oxygen atoms in total. The van der Waals surface area contributed by atoms with Crippen molar-refractivity contribution >= 4 is 5.97 Å².